The fourth-order valence-electron chi connectivity index (χ4n) is 4.79. The van der Waals surface area contributed by atoms with E-state index in [1.165, 1.54) is 16.8 Å². The van der Waals surface area contributed by atoms with Crippen LogP contribution in [0.25, 0.3) is 27.8 Å². The molecule has 170 valence electrons. The molecule has 0 radical (unpaired) electrons. The highest BCUT2D eigenvalue weighted by Gasteiger charge is 2.31. The van der Waals surface area contributed by atoms with Gasteiger partial charge in [-0.2, -0.15) is 5.10 Å². The molecule has 7 nitrogen and oxygen atoms in total. The van der Waals surface area contributed by atoms with Gasteiger partial charge in [0.1, 0.15) is 17.3 Å². The minimum Gasteiger partial charge on any atom is -0.507 e. The van der Waals surface area contributed by atoms with Crippen molar-refractivity contribution in [3.05, 3.63) is 65.2 Å². The van der Waals surface area contributed by atoms with E-state index in [0.717, 1.165) is 29.7 Å². The van der Waals surface area contributed by atoms with E-state index in [-0.39, 0.29) is 23.2 Å². The molecule has 2 N–H and O–H groups in total. The second-order valence-corrected chi connectivity index (χ2v) is 8.43. The van der Waals surface area contributed by atoms with Crippen LogP contribution in [0.3, 0.4) is 0 Å². The van der Waals surface area contributed by atoms with Crippen LogP contribution < -0.4 is 0 Å². The number of hydrogen-bond acceptors (Lipinski definition) is 4. The number of aromatic hydroxyl groups is 1. The first-order chi connectivity index (χ1) is 15.9. The monoisotopic (exact) mass is 449 g/mol. The zero-order chi connectivity index (χ0) is 23.3. The van der Waals surface area contributed by atoms with Crippen molar-refractivity contribution in [3.63, 3.8) is 0 Å². The van der Waals surface area contributed by atoms with Crippen LogP contribution in [0.5, 0.6) is 5.75 Å². The third-order valence-electron chi connectivity index (χ3n) is 6.37. The largest absolute Gasteiger partial charge is 0.507 e. The molecule has 8 heteroatoms. The Morgan fingerprint density at radius 1 is 1.18 bits per heavy atom. The lowest BCUT2D eigenvalue weighted by molar-refractivity contribution is 0.0685. The zero-order valence-corrected chi connectivity index (χ0v) is 18.4. The lowest BCUT2D eigenvalue weighted by Gasteiger charge is -2.25. The van der Waals surface area contributed by atoms with Crippen molar-refractivity contribution in [2.24, 2.45) is 7.05 Å². The molecule has 0 saturated carbocycles. The Balaban J connectivity index is 1.90. The number of rotatable bonds is 4. The number of carbonyl (C=O) groups is 1. The molecule has 0 unspecified atom stereocenters. The molecule has 0 atom stereocenters. The van der Waals surface area contributed by atoms with E-state index in [1.807, 2.05) is 10.6 Å². The Morgan fingerprint density at radius 3 is 2.61 bits per heavy atom. The Bertz CT molecular complexity index is 1380. The number of aromatic carboxylic acids is 1. The van der Waals surface area contributed by atoms with E-state index in [4.69, 9.17) is 4.74 Å². The van der Waals surface area contributed by atoms with Crippen LogP contribution >= 0.6 is 0 Å². The van der Waals surface area contributed by atoms with Crippen LogP contribution in [0.15, 0.2) is 42.5 Å². The number of nitrogens with zero attached hydrogens (tertiary/aromatic N) is 3. The minimum absolute atomic E-state index is 0.0527. The van der Waals surface area contributed by atoms with Gasteiger partial charge in [0.2, 0.25) is 0 Å². The molecule has 2 aromatic heterocycles. The molecular weight excluding hydrogens is 425 g/mol. The summed E-state index contributed by atoms with van der Waals surface area (Å²) in [6.45, 7) is 2.92. The molecular formula is C25H24FN3O4. The molecule has 0 spiro atoms. The van der Waals surface area contributed by atoms with Crippen molar-refractivity contribution in [2.45, 2.75) is 25.7 Å². The van der Waals surface area contributed by atoms with Gasteiger partial charge in [-0.05, 0) is 61.7 Å². The van der Waals surface area contributed by atoms with Crippen LogP contribution in [0.2, 0.25) is 0 Å². The summed E-state index contributed by atoms with van der Waals surface area (Å²) in [4.78, 5) is 11.7. The van der Waals surface area contributed by atoms with Crippen molar-refractivity contribution in [1.82, 2.24) is 14.3 Å². The highest BCUT2D eigenvalue weighted by Crippen LogP contribution is 2.46. The lowest BCUT2D eigenvalue weighted by atomic mass is 9.91. The van der Waals surface area contributed by atoms with Crippen molar-refractivity contribution < 1.29 is 24.1 Å². The summed E-state index contributed by atoms with van der Waals surface area (Å²) in [7, 11) is 1.59. The maximum absolute atomic E-state index is 14.1. The molecule has 33 heavy (non-hydrogen) atoms. The Morgan fingerprint density at radius 2 is 1.94 bits per heavy atom. The fourth-order valence-corrected chi connectivity index (χ4v) is 4.79. The van der Waals surface area contributed by atoms with Gasteiger partial charge < -0.3 is 19.5 Å². The van der Waals surface area contributed by atoms with Gasteiger partial charge in [0.15, 0.2) is 0 Å². The number of carboxylic acids is 1. The van der Waals surface area contributed by atoms with Crippen LogP contribution in [0, 0.1) is 12.7 Å². The summed E-state index contributed by atoms with van der Waals surface area (Å²) in [5, 5.41) is 25.6. The normalized spacial score (nSPS) is 14.8. The standard InChI is InChI=1S/C25H24FN3O4/c1-14-12-16(6-7-17(14)26)29-19-4-3-5-21(30)23(19)22(24(29)15-8-10-33-11-9-15)18-13-20(25(31)32)28(2)27-18/h3-7,12-13,15,30H,8-11H2,1-2H3,(H,31,32). The number of fused-ring (bicyclic) bond motifs is 1. The average molecular weight is 449 g/mol. The number of hydrogen-bond donors (Lipinski definition) is 2. The van der Waals surface area contributed by atoms with Crippen molar-refractivity contribution >= 4 is 16.9 Å². The zero-order valence-electron chi connectivity index (χ0n) is 18.4. The van der Waals surface area contributed by atoms with Gasteiger partial charge >= 0.3 is 5.97 Å². The number of aryl methyl sites for hydroxylation is 2. The first kappa shape index (κ1) is 21.2. The van der Waals surface area contributed by atoms with Gasteiger partial charge in [0, 0.05) is 43.1 Å². The van der Waals surface area contributed by atoms with E-state index in [1.54, 1.807) is 38.2 Å². The van der Waals surface area contributed by atoms with Gasteiger partial charge in [0.05, 0.1) is 16.6 Å². The molecule has 1 aliphatic rings. The smallest absolute Gasteiger partial charge is 0.354 e. The topological polar surface area (TPSA) is 89.5 Å². The number of phenols is 1. The molecule has 1 saturated heterocycles. The van der Waals surface area contributed by atoms with Crippen molar-refractivity contribution in [2.75, 3.05) is 13.2 Å². The predicted molar refractivity (Wildman–Crippen MR) is 122 cm³/mol. The third kappa shape index (κ3) is 3.47. The fraction of sp³-hybridized carbons (Fsp3) is 0.280. The predicted octanol–water partition coefficient (Wildman–Crippen LogP) is 4.78. The van der Waals surface area contributed by atoms with Crippen LogP contribution in [0.1, 0.15) is 40.5 Å². The maximum atomic E-state index is 14.1. The van der Waals surface area contributed by atoms with Gasteiger partial charge in [-0.25, -0.2) is 9.18 Å². The van der Waals surface area contributed by atoms with Crippen molar-refractivity contribution in [3.8, 4) is 22.7 Å². The van der Waals surface area contributed by atoms with Gasteiger partial charge in [-0.3, -0.25) is 4.68 Å². The lowest BCUT2D eigenvalue weighted by Crippen LogP contribution is -2.17. The molecule has 2 aromatic carbocycles. The molecule has 5 rings (SSSR count). The summed E-state index contributed by atoms with van der Waals surface area (Å²) < 4.78 is 23.1. The molecule has 0 bridgehead atoms. The highest BCUT2D eigenvalue weighted by atomic mass is 19.1. The van der Waals surface area contributed by atoms with Gasteiger partial charge in [-0.15, -0.1) is 0 Å². The number of benzene rings is 2. The summed E-state index contributed by atoms with van der Waals surface area (Å²) in [5.41, 5.74) is 4.17. The second kappa shape index (κ2) is 8.04. The average Bonchev–Trinajstić information content (AvgIpc) is 3.35. The second-order valence-electron chi connectivity index (χ2n) is 8.43. The molecule has 1 fully saturated rings. The number of ether oxygens (including phenoxy) is 1. The first-order valence-corrected chi connectivity index (χ1v) is 10.8. The summed E-state index contributed by atoms with van der Waals surface area (Å²) in [6, 6.07) is 11.8. The Kier molecular flexibility index (Phi) is 5.17. The number of halogens is 1. The van der Waals surface area contributed by atoms with E-state index < -0.39 is 5.97 Å². The minimum atomic E-state index is -1.08. The molecule has 4 aromatic rings. The highest BCUT2D eigenvalue weighted by molar-refractivity contribution is 6.03. The molecule has 1 aliphatic heterocycles. The van der Waals surface area contributed by atoms with Crippen LogP contribution in [-0.2, 0) is 11.8 Å². The number of carboxylic acid groups (broad SMARTS) is 1. The third-order valence-corrected chi connectivity index (χ3v) is 6.37. The SMILES string of the molecule is Cc1cc(-n2c(C3CCOCC3)c(-c3cc(C(=O)O)n(C)n3)c3c(O)cccc32)ccc1F. The number of aromatic nitrogens is 3. The summed E-state index contributed by atoms with van der Waals surface area (Å²) >= 11 is 0. The maximum Gasteiger partial charge on any atom is 0.354 e. The number of phenolic OH excluding ortho intramolecular Hbond substituents is 1. The quantitative estimate of drug-likeness (QED) is 0.468. The Labute approximate surface area is 189 Å². The summed E-state index contributed by atoms with van der Waals surface area (Å²) in [5.74, 6) is -1.20. The van der Waals surface area contributed by atoms with E-state index in [0.29, 0.717) is 35.4 Å². The van der Waals surface area contributed by atoms with E-state index in [2.05, 4.69) is 5.10 Å². The van der Waals surface area contributed by atoms with Crippen LogP contribution in [0.4, 0.5) is 4.39 Å². The van der Waals surface area contributed by atoms with E-state index in [9.17, 15) is 19.4 Å². The van der Waals surface area contributed by atoms with E-state index >= 15 is 0 Å². The Hall–Kier alpha value is -3.65. The van der Waals surface area contributed by atoms with Gasteiger partial charge in [0.25, 0.3) is 0 Å². The summed E-state index contributed by atoms with van der Waals surface area (Å²) in [6.07, 6.45) is 1.53. The molecule has 0 amide bonds. The molecule has 0 aliphatic carbocycles. The van der Waals surface area contributed by atoms with Crippen LogP contribution in [-0.4, -0.2) is 43.7 Å². The van der Waals surface area contributed by atoms with Gasteiger partial charge in [-0.1, -0.05) is 6.07 Å². The first-order valence-electron chi connectivity index (χ1n) is 10.8. The van der Waals surface area contributed by atoms with Crippen molar-refractivity contribution in [1.29, 1.82) is 0 Å². The molecule has 3 heterocycles.